The van der Waals surface area contributed by atoms with Crippen molar-refractivity contribution in [1.29, 1.82) is 0 Å². The minimum absolute atomic E-state index is 0.0481. The number of rotatable bonds is 9. The van der Waals surface area contributed by atoms with Crippen molar-refractivity contribution < 1.29 is 26.7 Å². The summed E-state index contributed by atoms with van der Waals surface area (Å²) in [6, 6.07) is 8.10. The van der Waals surface area contributed by atoms with Gasteiger partial charge in [0.05, 0.1) is 0 Å². The molecule has 0 spiro atoms. The first kappa shape index (κ1) is 21.3. The fraction of sp³-hybridized carbons (Fsp3) is 0.353. The molecule has 2 N–H and O–H groups in total. The zero-order valence-corrected chi connectivity index (χ0v) is 16.3. The van der Waals surface area contributed by atoms with Gasteiger partial charge in [-0.3, -0.25) is 4.79 Å². The molecule has 0 radical (unpaired) electrons. The number of thiophene rings is 1. The van der Waals surface area contributed by atoms with Gasteiger partial charge in [0.25, 0.3) is 10.0 Å². The first-order valence-corrected chi connectivity index (χ1v) is 10.4. The lowest BCUT2D eigenvalue weighted by Gasteiger charge is -2.21. The van der Waals surface area contributed by atoms with Crippen molar-refractivity contribution in [3.8, 4) is 5.75 Å². The van der Waals surface area contributed by atoms with E-state index in [1.165, 1.54) is 24.3 Å². The predicted octanol–water partition coefficient (Wildman–Crippen LogP) is 2.97. The van der Waals surface area contributed by atoms with Gasteiger partial charge >= 0.3 is 6.61 Å². The zero-order chi connectivity index (χ0) is 20.0. The lowest BCUT2D eigenvalue weighted by atomic mass is 10.0. The van der Waals surface area contributed by atoms with Crippen LogP contribution in [-0.2, 0) is 21.4 Å². The Morgan fingerprint density at radius 1 is 1.19 bits per heavy atom. The number of sulfonamides is 1. The molecular formula is C17H20F2N2O4S2. The maximum Gasteiger partial charge on any atom is 0.387 e. The summed E-state index contributed by atoms with van der Waals surface area (Å²) < 4.78 is 56.6. The number of ether oxygens (including phenoxy) is 1. The van der Waals surface area contributed by atoms with Gasteiger partial charge in [0, 0.05) is 12.1 Å². The van der Waals surface area contributed by atoms with Crippen molar-refractivity contribution in [2.75, 3.05) is 0 Å². The number of benzene rings is 1. The highest BCUT2D eigenvalue weighted by Crippen LogP contribution is 2.21. The lowest BCUT2D eigenvalue weighted by Crippen LogP contribution is -2.49. The second-order valence-electron chi connectivity index (χ2n) is 5.98. The molecule has 2 rings (SSSR count). The van der Waals surface area contributed by atoms with Crippen LogP contribution in [0.25, 0.3) is 0 Å². The molecule has 2 aromatic rings. The van der Waals surface area contributed by atoms with Gasteiger partial charge in [0.2, 0.25) is 5.91 Å². The molecule has 148 valence electrons. The maximum absolute atomic E-state index is 12.5. The quantitative estimate of drug-likeness (QED) is 0.656. The lowest BCUT2D eigenvalue weighted by molar-refractivity contribution is -0.123. The SMILES string of the molecule is CC(C)[C@H](NS(=O)(=O)c1cccs1)C(=O)NCc1ccccc1OC(F)F. The molecule has 0 saturated carbocycles. The average Bonchev–Trinajstić information content (AvgIpc) is 3.13. The molecule has 0 aliphatic heterocycles. The van der Waals surface area contributed by atoms with Crippen molar-refractivity contribution >= 4 is 27.3 Å². The normalized spacial score (nSPS) is 13.0. The van der Waals surface area contributed by atoms with Crippen LogP contribution in [0.4, 0.5) is 8.78 Å². The molecule has 0 unspecified atom stereocenters. The van der Waals surface area contributed by atoms with Gasteiger partial charge in [-0.1, -0.05) is 38.1 Å². The number of hydrogen-bond acceptors (Lipinski definition) is 5. The summed E-state index contributed by atoms with van der Waals surface area (Å²) in [6.45, 7) is 0.346. The van der Waals surface area contributed by atoms with Crippen LogP contribution in [0, 0.1) is 5.92 Å². The van der Waals surface area contributed by atoms with Crippen molar-refractivity contribution in [2.24, 2.45) is 5.92 Å². The number of alkyl halides is 2. The molecule has 1 aromatic carbocycles. The van der Waals surface area contributed by atoms with Gasteiger partial charge in [-0.25, -0.2) is 8.42 Å². The van der Waals surface area contributed by atoms with Crippen LogP contribution >= 0.6 is 11.3 Å². The van der Waals surface area contributed by atoms with Crippen molar-refractivity contribution in [1.82, 2.24) is 10.0 Å². The Hall–Kier alpha value is -2.04. The van der Waals surface area contributed by atoms with Gasteiger partial charge in [0.1, 0.15) is 16.0 Å². The van der Waals surface area contributed by atoms with Crippen molar-refractivity contribution in [2.45, 2.75) is 37.3 Å². The minimum atomic E-state index is -3.83. The summed E-state index contributed by atoms with van der Waals surface area (Å²) in [4.78, 5) is 12.5. The summed E-state index contributed by atoms with van der Waals surface area (Å²) in [7, 11) is -3.83. The van der Waals surface area contributed by atoms with Crippen LogP contribution in [0.2, 0.25) is 0 Å². The van der Waals surface area contributed by atoms with Crippen molar-refractivity contribution in [3.63, 3.8) is 0 Å². The third-order valence-corrected chi connectivity index (χ3v) is 6.47. The largest absolute Gasteiger partial charge is 0.434 e. The Labute approximate surface area is 160 Å². The van der Waals surface area contributed by atoms with Crippen LogP contribution in [0.5, 0.6) is 5.75 Å². The molecule has 1 aromatic heterocycles. The summed E-state index contributed by atoms with van der Waals surface area (Å²) in [5, 5.41) is 4.20. The van der Waals surface area contributed by atoms with E-state index >= 15 is 0 Å². The van der Waals surface area contributed by atoms with E-state index in [4.69, 9.17) is 0 Å². The van der Waals surface area contributed by atoms with Crippen LogP contribution < -0.4 is 14.8 Å². The molecule has 0 bridgehead atoms. The zero-order valence-electron chi connectivity index (χ0n) is 14.7. The molecule has 10 heteroatoms. The van der Waals surface area contributed by atoms with Gasteiger partial charge in [-0.15, -0.1) is 11.3 Å². The fourth-order valence-corrected chi connectivity index (χ4v) is 4.64. The van der Waals surface area contributed by atoms with E-state index in [9.17, 15) is 22.0 Å². The van der Waals surface area contributed by atoms with E-state index in [0.29, 0.717) is 5.56 Å². The maximum atomic E-state index is 12.5. The van der Waals surface area contributed by atoms with E-state index in [1.807, 2.05) is 0 Å². The first-order chi connectivity index (χ1) is 12.7. The topological polar surface area (TPSA) is 84.5 Å². The molecule has 1 heterocycles. The van der Waals surface area contributed by atoms with Gasteiger partial charge < -0.3 is 10.1 Å². The van der Waals surface area contributed by atoms with Crippen LogP contribution in [0.1, 0.15) is 19.4 Å². The summed E-state index contributed by atoms with van der Waals surface area (Å²) in [6.07, 6.45) is 0. The van der Waals surface area contributed by atoms with E-state index in [2.05, 4.69) is 14.8 Å². The number of nitrogens with one attached hydrogen (secondary N) is 2. The Kier molecular flexibility index (Phi) is 7.28. The van der Waals surface area contributed by atoms with Gasteiger partial charge in [0.15, 0.2) is 0 Å². The molecule has 0 aliphatic rings. The Bertz CT molecular complexity index is 856. The number of carbonyl (C=O) groups is 1. The van der Waals surface area contributed by atoms with E-state index in [-0.39, 0.29) is 22.4 Å². The minimum Gasteiger partial charge on any atom is -0.434 e. The highest BCUT2D eigenvalue weighted by atomic mass is 32.2. The number of carbonyl (C=O) groups excluding carboxylic acids is 1. The highest BCUT2D eigenvalue weighted by Gasteiger charge is 2.28. The Morgan fingerprint density at radius 3 is 2.48 bits per heavy atom. The molecule has 1 amide bonds. The smallest absolute Gasteiger partial charge is 0.387 e. The van der Waals surface area contributed by atoms with Crippen LogP contribution in [0.15, 0.2) is 46.0 Å². The predicted molar refractivity (Wildman–Crippen MR) is 98.2 cm³/mol. The number of hydrogen-bond donors (Lipinski definition) is 2. The van der Waals surface area contributed by atoms with Gasteiger partial charge in [-0.05, 0) is 23.4 Å². The van der Waals surface area contributed by atoms with E-state index < -0.39 is 28.6 Å². The Morgan fingerprint density at radius 2 is 1.89 bits per heavy atom. The second kappa shape index (κ2) is 9.25. The number of halogens is 2. The molecule has 27 heavy (non-hydrogen) atoms. The molecule has 0 aliphatic carbocycles. The summed E-state index contributed by atoms with van der Waals surface area (Å²) >= 11 is 1.04. The fourth-order valence-electron chi connectivity index (χ4n) is 2.29. The standard InChI is InChI=1S/C17H20F2N2O4S2/c1-11(2)15(21-27(23,24)14-8-5-9-26-14)16(22)20-10-12-6-3-4-7-13(12)25-17(18)19/h3-9,11,15,17,21H,10H2,1-2H3,(H,20,22)/t15-/m0/s1. The van der Waals surface area contributed by atoms with Crippen molar-refractivity contribution in [3.05, 3.63) is 47.3 Å². The second-order valence-corrected chi connectivity index (χ2v) is 8.87. The van der Waals surface area contributed by atoms with Crippen LogP contribution in [0.3, 0.4) is 0 Å². The van der Waals surface area contributed by atoms with E-state index in [0.717, 1.165) is 11.3 Å². The molecule has 6 nitrogen and oxygen atoms in total. The van der Waals surface area contributed by atoms with Crippen LogP contribution in [-0.4, -0.2) is 27.0 Å². The van der Waals surface area contributed by atoms with Gasteiger partial charge in [-0.2, -0.15) is 13.5 Å². The number of para-hydroxylation sites is 1. The highest BCUT2D eigenvalue weighted by molar-refractivity contribution is 7.91. The van der Waals surface area contributed by atoms with E-state index in [1.54, 1.807) is 31.4 Å². The summed E-state index contributed by atoms with van der Waals surface area (Å²) in [5.74, 6) is -0.933. The first-order valence-electron chi connectivity index (χ1n) is 8.07. The number of amides is 1. The molecule has 0 saturated heterocycles. The molecule has 0 fully saturated rings. The monoisotopic (exact) mass is 418 g/mol. The molecule has 1 atom stereocenters. The summed E-state index contributed by atoms with van der Waals surface area (Å²) in [5.41, 5.74) is 0.356. The molecular weight excluding hydrogens is 398 g/mol. The average molecular weight is 418 g/mol. The third kappa shape index (κ3) is 5.98. The Balaban J connectivity index is 2.08. The third-order valence-electron chi connectivity index (χ3n) is 3.63.